The lowest BCUT2D eigenvalue weighted by molar-refractivity contribution is -0.148. The lowest BCUT2D eigenvalue weighted by atomic mass is 9.81. The van der Waals surface area contributed by atoms with Crippen LogP contribution < -0.4 is 0 Å². The first-order valence-corrected chi connectivity index (χ1v) is 4.10. The first kappa shape index (κ1) is 8.31. The van der Waals surface area contributed by atoms with E-state index in [4.69, 9.17) is 4.74 Å². The number of carbonyl (C=O) groups is 1. The van der Waals surface area contributed by atoms with Gasteiger partial charge in [0.1, 0.15) is 0 Å². The van der Waals surface area contributed by atoms with Gasteiger partial charge in [0.2, 0.25) is 0 Å². The van der Waals surface area contributed by atoms with Crippen LogP contribution in [0.2, 0.25) is 0 Å². The average molecular weight is 154 g/mol. The van der Waals surface area contributed by atoms with E-state index in [1.54, 1.807) is 0 Å². The molecule has 0 amide bonds. The molecule has 0 aliphatic heterocycles. The normalized spacial score (nSPS) is 22.6. The van der Waals surface area contributed by atoms with Crippen LogP contribution in [0.15, 0.2) is 12.2 Å². The molecule has 1 aliphatic rings. The van der Waals surface area contributed by atoms with Gasteiger partial charge in [-0.15, -0.1) is 0 Å². The fraction of sp³-hybridized carbons (Fsp3) is 0.667. The molecule has 0 aromatic carbocycles. The Morgan fingerprint density at radius 1 is 1.82 bits per heavy atom. The van der Waals surface area contributed by atoms with E-state index < -0.39 is 0 Å². The molecule has 2 heteroatoms. The van der Waals surface area contributed by atoms with Crippen molar-refractivity contribution in [1.29, 1.82) is 0 Å². The quantitative estimate of drug-likeness (QED) is 0.458. The van der Waals surface area contributed by atoms with Crippen LogP contribution in [0.1, 0.15) is 26.2 Å². The van der Waals surface area contributed by atoms with Crippen molar-refractivity contribution in [1.82, 2.24) is 0 Å². The summed E-state index contributed by atoms with van der Waals surface area (Å²) in [5, 5.41) is 0. The van der Waals surface area contributed by atoms with E-state index in [-0.39, 0.29) is 11.9 Å². The highest BCUT2D eigenvalue weighted by atomic mass is 16.5. The minimum Gasteiger partial charge on any atom is -0.465 e. The molecule has 1 unspecified atom stereocenters. The van der Waals surface area contributed by atoms with Crippen LogP contribution in [0, 0.1) is 5.92 Å². The predicted molar refractivity (Wildman–Crippen MR) is 43.1 cm³/mol. The lowest BCUT2D eigenvalue weighted by Crippen LogP contribution is -2.26. The van der Waals surface area contributed by atoms with Crippen LogP contribution in [0.5, 0.6) is 0 Å². The molecule has 1 fully saturated rings. The maximum Gasteiger partial charge on any atom is 0.313 e. The Bertz CT molecular complexity index is 172. The highest BCUT2D eigenvalue weighted by Crippen LogP contribution is 2.32. The Hall–Kier alpha value is -0.790. The fourth-order valence-electron chi connectivity index (χ4n) is 1.08. The van der Waals surface area contributed by atoms with Gasteiger partial charge in [-0.25, -0.2) is 0 Å². The van der Waals surface area contributed by atoms with Crippen LogP contribution in [-0.4, -0.2) is 12.6 Å². The molecule has 1 atom stereocenters. The molecule has 0 bridgehead atoms. The van der Waals surface area contributed by atoms with Crippen LogP contribution in [0.3, 0.4) is 0 Å². The van der Waals surface area contributed by atoms with Crippen molar-refractivity contribution in [2.75, 3.05) is 6.61 Å². The number of rotatable bonds is 3. The molecular weight excluding hydrogens is 140 g/mol. The van der Waals surface area contributed by atoms with Crippen molar-refractivity contribution < 1.29 is 9.53 Å². The van der Waals surface area contributed by atoms with Gasteiger partial charge in [-0.05, 0) is 19.3 Å². The monoisotopic (exact) mass is 154 g/mol. The van der Waals surface area contributed by atoms with Crippen molar-refractivity contribution in [3.05, 3.63) is 12.2 Å². The van der Waals surface area contributed by atoms with Gasteiger partial charge in [-0.3, -0.25) is 4.79 Å². The third-order valence-corrected chi connectivity index (χ3v) is 1.98. The van der Waals surface area contributed by atoms with Crippen LogP contribution >= 0.6 is 0 Å². The molecule has 0 radical (unpaired) electrons. The molecule has 0 aromatic rings. The summed E-state index contributed by atoms with van der Waals surface area (Å²) < 4.78 is 4.97. The molecular formula is C9H14O2. The maximum atomic E-state index is 11.1. The smallest absolute Gasteiger partial charge is 0.313 e. The average Bonchev–Trinajstić information content (AvgIpc) is 1.98. The van der Waals surface area contributed by atoms with Crippen LogP contribution in [0.4, 0.5) is 0 Å². The van der Waals surface area contributed by atoms with Crippen molar-refractivity contribution in [3.8, 4) is 0 Å². The molecule has 0 saturated heterocycles. The van der Waals surface area contributed by atoms with Gasteiger partial charge in [0.25, 0.3) is 0 Å². The zero-order valence-corrected chi connectivity index (χ0v) is 6.93. The molecule has 11 heavy (non-hydrogen) atoms. The topological polar surface area (TPSA) is 26.3 Å². The Labute approximate surface area is 67.2 Å². The van der Waals surface area contributed by atoms with E-state index in [1.807, 2.05) is 6.92 Å². The lowest BCUT2D eigenvalue weighted by Gasteiger charge is -2.26. The number of hydrogen-bond donors (Lipinski definition) is 0. The SMILES string of the molecule is C=C1CCC1C(=O)OCCC. The molecule has 0 spiro atoms. The summed E-state index contributed by atoms with van der Waals surface area (Å²) in [5.41, 5.74) is 1.03. The highest BCUT2D eigenvalue weighted by Gasteiger charge is 2.30. The first-order valence-electron chi connectivity index (χ1n) is 4.10. The summed E-state index contributed by atoms with van der Waals surface area (Å²) in [7, 11) is 0. The first-order chi connectivity index (χ1) is 5.25. The molecule has 1 aliphatic carbocycles. The molecule has 0 heterocycles. The van der Waals surface area contributed by atoms with Gasteiger partial charge in [-0.2, -0.15) is 0 Å². The van der Waals surface area contributed by atoms with Crippen molar-refractivity contribution in [2.45, 2.75) is 26.2 Å². The predicted octanol–water partition coefficient (Wildman–Crippen LogP) is 1.91. The van der Waals surface area contributed by atoms with Gasteiger partial charge in [0.05, 0.1) is 12.5 Å². The van der Waals surface area contributed by atoms with Gasteiger partial charge in [0, 0.05) is 0 Å². The number of esters is 1. The Kier molecular flexibility index (Phi) is 2.69. The molecule has 62 valence electrons. The summed E-state index contributed by atoms with van der Waals surface area (Å²) in [4.78, 5) is 11.1. The zero-order chi connectivity index (χ0) is 8.27. The van der Waals surface area contributed by atoms with E-state index in [2.05, 4.69) is 6.58 Å². The number of carbonyl (C=O) groups excluding carboxylic acids is 1. The minimum absolute atomic E-state index is 0.0153. The summed E-state index contributed by atoms with van der Waals surface area (Å²) in [6.07, 6.45) is 2.82. The van der Waals surface area contributed by atoms with Crippen molar-refractivity contribution in [3.63, 3.8) is 0 Å². The molecule has 0 N–H and O–H groups in total. The van der Waals surface area contributed by atoms with Gasteiger partial charge >= 0.3 is 5.97 Å². The fourth-order valence-corrected chi connectivity index (χ4v) is 1.08. The van der Waals surface area contributed by atoms with E-state index in [1.165, 1.54) is 0 Å². The second-order valence-electron chi connectivity index (χ2n) is 2.92. The number of hydrogen-bond acceptors (Lipinski definition) is 2. The third kappa shape index (κ3) is 1.82. The summed E-state index contributed by atoms with van der Waals surface area (Å²) in [5.74, 6) is -0.0651. The second kappa shape index (κ2) is 3.56. The minimum atomic E-state index is -0.0805. The molecule has 0 aromatic heterocycles. The van der Waals surface area contributed by atoms with Gasteiger partial charge in [0.15, 0.2) is 0 Å². The van der Waals surface area contributed by atoms with Gasteiger partial charge in [-0.1, -0.05) is 19.1 Å². The van der Waals surface area contributed by atoms with E-state index in [0.717, 1.165) is 24.8 Å². The summed E-state index contributed by atoms with van der Waals surface area (Å²) >= 11 is 0. The molecule has 2 nitrogen and oxygen atoms in total. The highest BCUT2D eigenvalue weighted by molar-refractivity contribution is 5.77. The Balaban J connectivity index is 2.24. The Morgan fingerprint density at radius 2 is 2.55 bits per heavy atom. The van der Waals surface area contributed by atoms with Crippen LogP contribution in [0.25, 0.3) is 0 Å². The zero-order valence-electron chi connectivity index (χ0n) is 6.93. The number of ether oxygens (including phenoxy) is 1. The van der Waals surface area contributed by atoms with E-state index in [9.17, 15) is 4.79 Å². The van der Waals surface area contributed by atoms with Crippen molar-refractivity contribution in [2.24, 2.45) is 5.92 Å². The molecule has 1 saturated carbocycles. The van der Waals surface area contributed by atoms with E-state index in [0.29, 0.717) is 6.61 Å². The largest absolute Gasteiger partial charge is 0.465 e. The summed E-state index contributed by atoms with van der Waals surface area (Å²) in [6, 6.07) is 0. The second-order valence-corrected chi connectivity index (χ2v) is 2.92. The third-order valence-electron chi connectivity index (χ3n) is 1.98. The standard InChI is InChI=1S/C9H14O2/c1-3-6-11-9(10)8-5-4-7(8)2/h8H,2-6H2,1H3. The molecule has 1 rings (SSSR count). The van der Waals surface area contributed by atoms with Gasteiger partial charge < -0.3 is 4.74 Å². The summed E-state index contributed by atoms with van der Waals surface area (Å²) in [6.45, 7) is 6.30. The van der Waals surface area contributed by atoms with Crippen LogP contribution in [-0.2, 0) is 9.53 Å². The maximum absolute atomic E-state index is 11.1. The Morgan fingerprint density at radius 3 is 2.91 bits per heavy atom. The van der Waals surface area contributed by atoms with E-state index >= 15 is 0 Å². The van der Waals surface area contributed by atoms with Crippen molar-refractivity contribution >= 4 is 5.97 Å².